The summed E-state index contributed by atoms with van der Waals surface area (Å²) < 4.78 is 0. The fourth-order valence-corrected chi connectivity index (χ4v) is 3.49. The first kappa shape index (κ1) is 26.8. The molecular weight excluding hydrogens is 446 g/mol. The predicted molar refractivity (Wildman–Crippen MR) is 122 cm³/mol. The summed E-state index contributed by atoms with van der Waals surface area (Å²) in [6, 6.07) is -3.90. The highest BCUT2D eigenvalue weighted by Crippen LogP contribution is 2.19. The van der Waals surface area contributed by atoms with Crippen LogP contribution in [0.5, 0.6) is 0 Å². The van der Waals surface area contributed by atoms with E-state index in [0.717, 1.165) is 0 Å². The van der Waals surface area contributed by atoms with Gasteiger partial charge >= 0.3 is 5.97 Å². The van der Waals surface area contributed by atoms with Crippen molar-refractivity contribution in [3.05, 3.63) is 0 Å². The summed E-state index contributed by atoms with van der Waals surface area (Å²) in [6.07, 6.45) is 1.46. The molecular formula is C17H31N7O5S2. The van der Waals surface area contributed by atoms with E-state index in [-0.39, 0.29) is 37.0 Å². The lowest BCUT2D eigenvalue weighted by atomic mass is 10.1. The number of carboxylic acid groups (broad SMARTS) is 1. The molecule has 1 rings (SSSR count). The first-order chi connectivity index (χ1) is 14.6. The van der Waals surface area contributed by atoms with E-state index in [1.807, 2.05) is 0 Å². The molecule has 0 radical (unpaired) electrons. The van der Waals surface area contributed by atoms with E-state index in [4.69, 9.17) is 17.2 Å². The number of carbonyl (C=O) groups is 4. The normalized spacial score (nSPS) is 18.5. The molecule has 0 aromatic carbocycles. The van der Waals surface area contributed by atoms with E-state index < -0.39 is 47.9 Å². The van der Waals surface area contributed by atoms with E-state index in [0.29, 0.717) is 19.3 Å². The Morgan fingerprint density at radius 2 is 1.74 bits per heavy atom. The lowest BCUT2D eigenvalue weighted by molar-refractivity contribution is -0.149. The van der Waals surface area contributed by atoms with Gasteiger partial charge in [-0.3, -0.25) is 19.4 Å². The lowest BCUT2D eigenvalue weighted by Gasteiger charge is -2.28. The van der Waals surface area contributed by atoms with Crippen LogP contribution in [0.25, 0.3) is 0 Å². The molecule has 1 heterocycles. The number of thiol groups is 2. The van der Waals surface area contributed by atoms with Gasteiger partial charge in [-0.25, -0.2) is 4.79 Å². The molecule has 31 heavy (non-hydrogen) atoms. The van der Waals surface area contributed by atoms with Crippen molar-refractivity contribution in [3.8, 4) is 0 Å². The minimum atomic E-state index is -1.10. The number of carboxylic acids is 1. The standard InChI is InChI=1S/C17H31N7O5S2/c18-9(7-30)13(25)22-10(3-1-5-21-17(19)20)14(26)23-11(8-31)15(27)24-6-2-4-12(24)16(28)29/h9-12,30-31H,1-8,18H2,(H,22,25)(H,23,26)(H,28,29)(H4,19,20,21). The van der Waals surface area contributed by atoms with Crippen LogP contribution in [0.2, 0.25) is 0 Å². The van der Waals surface area contributed by atoms with Gasteiger partial charge in [0.05, 0.1) is 6.04 Å². The molecule has 0 spiro atoms. The maximum Gasteiger partial charge on any atom is 0.326 e. The Bertz CT molecular complexity index is 690. The van der Waals surface area contributed by atoms with Crippen molar-refractivity contribution in [2.75, 3.05) is 24.6 Å². The van der Waals surface area contributed by atoms with Crippen LogP contribution in [0, 0.1) is 0 Å². The number of hydrogen-bond donors (Lipinski definition) is 8. The first-order valence-corrected chi connectivity index (χ1v) is 11.1. The Kier molecular flexibility index (Phi) is 11.5. The summed E-state index contributed by atoms with van der Waals surface area (Å²) >= 11 is 8.09. The summed E-state index contributed by atoms with van der Waals surface area (Å²) in [7, 11) is 0. The molecule has 0 aromatic rings. The zero-order valence-electron chi connectivity index (χ0n) is 17.1. The molecule has 1 fully saturated rings. The van der Waals surface area contributed by atoms with E-state index in [9.17, 15) is 24.3 Å². The van der Waals surface area contributed by atoms with Gasteiger partial charge < -0.3 is 37.8 Å². The number of nitrogens with one attached hydrogen (secondary N) is 2. The molecule has 0 aliphatic carbocycles. The third-order valence-electron chi connectivity index (χ3n) is 4.73. The Hall–Kier alpha value is -2.19. The fourth-order valence-electron chi connectivity index (χ4n) is 3.08. The van der Waals surface area contributed by atoms with Crippen LogP contribution in [0.4, 0.5) is 0 Å². The number of likely N-dealkylation sites (tertiary alicyclic amines) is 1. The average Bonchev–Trinajstić information content (AvgIpc) is 3.22. The van der Waals surface area contributed by atoms with E-state index in [1.165, 1.54) is 4.90 Å². The molecule has 4 unspecified atom stereocenters. The third kappa shape index (κ3) is 8.45. The van der Waals surface area contributed by atoms with Crippen molar-refractivity contribution in [3.63, 3.8) is 0 Å². The second kappa shape index (κ2) is 13.3. The molecule has 4 atom stereocenters. The average molecular weight is 478 g/mol. The summed E-state index contributed by atoms with van der Waals surface area (Å²) in [5.41, 5.74) is 16.2. The summed E-state index contributed by atoms with van der Waals surface area (Å²) in [5, 5.41) is 14.4. The van der Waals surface area contributed by atoms with Gasteiger partial charge in [-0.05, 0) is 25.7 Å². The fraction of sp³-hybridized carbons (Fsp3) is 0.706. The highest BCUT2D eigenvalue weighted by Gasteiger charge is 2.37. The van der Waals surface area contributed by atoms with Crippen molar-refractivity contribution in [2.45, 2.75) is 49.9 Å². The molecule has 176 valence electrons. The highest BCUT2D eigenvalue weighted by atomic mass is 32.1. The van der Waals surface area contributed by atoms with Crippen LogP contribution in [0.15, 0.2) is 4.99 Å². The number of aliphatic imine (C=N–C) groups is 1. The zero-order valence-corrected chi connectivity index (χ0v) is 18.9. The Morgan fingerprint density at radius 1 is 1.10 bits per heavy atom. The van der Waals surface area contributed by atoms with Gasteiger partial charge in [0.1, 0.15) is 18.1 Å². The third-order valence-corrected chi connectivity index (χ3v) is 5.49. The molecule has 9 N–H and O–H groups in total. The van der Waals surface area contributed by atoms with Crippen LogP contribution in [0.1, 0.15) is 25.7 Å². The van der Waals surface area contributed by atoms with Crippen LogP contribution >= 0.6 is 25.3 Å². The van der Waals surface area contributed by atoms with Crippen molar-refractivity contribution >= 4 is 54.9 Å². The van der Waals surface area contributed by atoms with Gasteiger partial charge in [-0.15, -0.1) is 0 Å². The molecule has 1 saturated heterocycles. The van der Waals surface area contributed by atoms with E-state index >= 15 is 0 Å². The number of aliphatic carboxylic acids is 1. The quantitative estimate of drug-likeness (QED) is 0.0639. The predicted octanol–water partition coefficient (Wildman–Crippen LogP) is -2.73. The first-order valence-electron chi connectivity index (χ1n) is 9.79. The zero-order chi connectivity index (χ0) is 23.6. The molecule has 0 bridgehead atoms. The number of nitrogens with two attached hydrogens (primary N) is 3. The van der Waals surface area contributed by atoms with Gasteiger partial charge in [-0.2, -0.15) is 25.3 Å². The number of nitrogens with zero attached hydrogens (tertiary/aromatic N) is 2. The van der Waals surface area contributed by atoms with Gasteiger partial charge in [0.15, 0.2) is 5.96 Å². The van der Waals surface area contributed by atoms with Crippen LogP contribution < -0.4 is 27.8 Å². The molecule has 1 aliphatic heterocycles. The second-order valence-electron chi connectivity index (χ2n) is 7.07. The maximum atomic E-state index is 12.8. The van der Waals surface area contributed by atoms with Gasteiger partial charge in [0, 0.05) is 24.6 Å². The summed E-state index contributed by atoms with van der Waals surface area (Å²) in [5.74, 6) is -2.89. The van der Waals surface area contributed by atoms with Crippen molar-refractivity contribution in [1.29, 1.82) is 0 Å². The second-order valence-corrected chi connectivity index (χ2v) is 7.80. The maximum absolute atomic E-state index is 12.8. The number of guanidine groups is 1. The Balaban J connectivity index is 2.86. The molecule has 12 nitrogen and oxygen atoms in total. The Labute approximate surface area is 191 Å². The SMILES string of the molecule is NC(N)=NCCCC(NC(=O)C(N)CS)C(=O)NC(CS)C(=O)N1CCCC1C(=O)O. The van der Waals surface area contributed by atoms with Crippen molar-refractivity contribution in [2.24, 2.45) is 22.2 Å². The number of rotatable bonds is 12. The highest BCUT2D eigenvalue weighted by molar-refractivity contribution is 7.80. The molecule has 0 aromatic heterocycles. The monoisotopic (exact) mass is 477 g/mol. The van der Waals surface area contributed by atoms with Gasteiger partial charge in [0.2, 0.25) is 17.7 Å². The van der Waals surface area contributed by atoms with Crippen LogP contribution in [0.3, 0.4) is 0 Å². The summed E-state index contributed by atoms with van der Waals surface area (Å²) in [4.78, 5) is 54.2. The summed E-state index contributed by atoms with van der Waals surface area (Å²) in [6.45, 7) is 0.523. The molecule has 3 amide bonds. The van der Waals surface area contributed by atoms with Gasteiger partial charge in [-0.1, -0.05) is 0 Å². The largest absolute Gasteiger partial charge is 0.480 e. The van der Waals surface area contributed by atoms with Crippen LogP contribution in [-0.4, -0.2) is 88.4 Å². The minimum absolute atomic E-state index is 0.0434. The van der Waals surface area contributed by atoms with Crippen molar-refractivity contribution < 1.29 is 24.3 Å². The smallest absolute Gasteiger partial charge is 0.326 e. The van der Waals surface area contributed by atoms with Crippen molar-refractivity contribution in [1.82, 2.24) is 15.5 Å². The van der Waals surface area contributed by atoms with E-state index in [1.54, 1.807) is 0 Å². The molecule has 0 saturated carbocycles. The van der Waals surface area contributed by atoms with Crippen LogP contribution in [-0.2, 0) is 19.2 Å². The topological polar surface area (TPSA) is 206 Å². The lowest BCUT2D eigenvalue weighted by Crippen LogP contribution is -2.57. The number of amides is 3. The molecule has 14 heteroatoms. The van der Waals surface area contributed by atoms with Gasteiger partial charge in [0.25, 0.3) is 0 Å². The minimum Gasteiger partial charge on any atom is -0.480 e. The number of hydrogen-bond acceptors (Lipinski definition) is 8. The molecule has 1 aliphatic rings. The Morgan fingerprint density at radius 3 is 2.29 bits per heavy atom. The number of carbonyl (C=O) groups excluding carboxylic acids is 3. The van der Waals surface area contributed by atoms with E-state index in [2.05, 4.69) is 40.9 Å².